The Kier molecular flexibility index (Phi) is 48.9. The van der Waals surface area contributed by atoms with Crippen molar-refractivity contribution in [3.8, 4) is 0 Å². The van der Waals surface area contributed by atoms with Crippen molar-refractivity contribution in [1.29, 1.82) is 0 Å². The molecule has 1 amide bonds. The van der Waals surface area contributed by atoms with Crippen LogP contribution in [0.2, 0.25) is 0 Å². The van der Waals surface area contributed by atoms with Crippen LogP contribution in [0.15, 0.2) is 85.1 Å². The van der Waals surface area contributed by atoms with Crippen LogP contribution in [0.25, 0.3) is 0 Å². The number of unbranched alkanes of at least 4 members (excludes halogenated alkanes) is 25. The fraction of sp³-hybridized carbons (Fsp3) is 0.732. The van der Waals surface area contributed by atoms with Crippen molar-refractivity contribution in [2.45, 2.75) is 257 Å². The van der Waals surface area contributed by atoms with E-state index in [1.165, 1.54) is 148 Å². The van der Waals surface area contributed by atoms with Gasteiger partial charge in [0.2, 0.25) is 5.91 Å². The number of rotatable bonds is 46. The Hall–Kier alpha value is -2.43. The highest BCUT2D eigenvalue weighted by molar-refractivity contribution is 5.76. The van der Waals surface area contributed by atoms with Gasteiger partial charge in [-0.05, 0) is 70.6 Å². The first-order valence-corrected chi connectivity index (χ1v) is 25.8. The molecule has 0 aliphatic carbocycles. The Balaban J connectivity index is 3.45. The molecule has 0 saturated heterocycles. The van der Waals surface area contributed by atoms with Crippen molar-refractivity contribution in [3.05, 3.63) is 85.1 Å². The van der Waals surface area contributed by atoms with Crippen molar-refractivity contribution >= 4 is 5.91 Å². The van der Waals surface area contributed by atoms with Crippen molar-refractivity contribution < 1.29 is 15.0 Å². The van der Waals surface area contributed by atoms with Crippen LogP contribution in [0, 0.1) is 0 Å². The highest BCUT2D eigenvalue weighted by Crippen LogP contribution is 2.16. The van der Waals surface area contributed by atoms with Gasteiger partial charge >= 0.3 is 0 Å². The number of aliphatic hydroxyl groups excluding tert-OH is 2. The molecule has 2 atom stereocenters. The molecule has 0 aromatic heterocycles. The predicted molar refractivity (Wildman–Crippen MR) is 267 cm³/mol. The monoisotopic (exact) mass is 834 g/mol. The number of amides is 1. The molecule has 2 unspecified atom stereocenters. The van der Waals surface area contributed by atoms with E-state index in [0.717, 1.165) is 70.6 Å². The van der Waals surface area contributed by atoms with Crippen LogP contribution >= 0.6 is 0 Å². The Morgan fingerprint density at radius 2 is 0.733 bits per heavy atom. The normalized spacial score (nSPS) is 13.6. The van der Waals surface area contributed by atoms with Crippen molar-refractivity contribution in [2.24, 2.45) is 0 Å². The smallest absolute Gasteiger partial charge is 0.220 e. The number of allylic oxidation sites excluding steroid dienone is 14. The van der Waals surface area contributed by atoms with Crippen molar-refractivity contribution in [2.75, 3.05) is 6.61 Å². The molecule has 0 aliphatic rings. The predicted octanol–water partition coefficient (Wildman–Crippen LogP) is 16.8. The van der Waals surface area contributed by atoms with Crippen molar-refractivity contribution in [1.82, 2.24) is 5.32 Å². The van der Waals surface area contributed by atoms with Gasteiger partial charge in [0.15, 0.2) is 0 Å². The maximum Gasteiger partial charge on any atom is 0.220 e. The summed E-state index contributed by atoms with van der Waals surface area (Å²) in [5, 5.41) is 23.1. The molecule has 0 heterocycles. The first-order valence-electron chi connectivity index (χ1n) is 25.8. The SMILES string of the molecule is CC/C=C\C/C=C\C/C=C\C/C=C\C/C=C\C/C=C\C/C=C\CCCCCCCCCCCCCCCCCCCC(=O)NC(CO)C(O)CCCCCCCCCCC. The second-order valence-electron chi connectivity index (χ2n) is 17.2. The first kappa shape index (κ1) is 57.6. The molecular formula is C56H99NO3. The lowest BCUT2D eigenvalue weighted by Crippen LogP contribution is -2.45. The lowest BCUT2D eigenvalue weighted by atomic mass is 10.0. The number of hydrogen-bond donors (Lipinski definition) is 3. The van der Waals surface area contributed by atoms with E-state index < -0.39 is 12.1 Å². The molecule has 0 bridgehead atoms. The molecule has 0 fully saturated rings. The maximum absolute atomic E-state index is 12.4. The molecule has 0 saturated carbocycles. The van der Waals surface area contributed by atoms with Crippen molar-refractivity contribution in [3.63, 3.8) is 0 Å². The third kappa shape index (κ3) is 46.6. The van der Waals surface area contributed by atoms with E-state index in [-0.39, 0.29) is 12.5 Å². The summed E-state index contributed by atoms with van der Waals surface area (Å²) in [6, 6.07) is -0.536. The number of carbonyl (C=O) groups is 1. The standard InChI is InChI=1S/C56H99NO3/c1-3-5-7-9-11-13-14-15-16-17-18-19-20-21-22-23-24-25-26-27-28-29-30-31-32-33-34-35-36-37-38-39-40-41-42-44-46-48-50-52-56(60)57-54(53-58)55(59)51-49-47-45-43-12-10-8-6-4-2/h5,7,11,13,15-16,18-19,21-22,24-25,27-28,54-55,58-59H,3-4,6,8-10,12,14,17,20,23,26,29-53H2,1-2H3,(H,57,60)/b7-5-,13-11-,16-15-,19-18-,22-21-,25-24-,28-27-. The second-order valence-corrected chi connectivity index (χ2v) is 17.2. The van der Waals surface area contributed by atoms with Crippen LogP contribution < -0.4 is 5.32 Å². The van der Waals surface area contributed by atoms with Gasteiger partial charge in [0.05, 0.1) is 18.8 Å². The fourth-order valence-corrected chi connectivity index (χ4v) is 7.52. The maximum atomic E-state index is 12.4. The van der Waals surface area contributed by atoms with E-state index in [4.69, 9.17) is 0 Å². The molecule has 0 rings (SSSR count). The summed E-state index contributed by atoms with van der Waals surface area (Å²) in [5.74, 6) is -0.0347. The quantitative estimate of drug-likeness (QED) is 0.0423. The lowest BCUT2D eigenvalue weighted by Gasteiger charge is -2.22. The lowest BCUT2D eigenvalue weighted by molar-refractivity contribution is -0.123. The summed E-state index contributed by atoms with van der Waals surface area (Å²) in [6.45, 7) is 4.22. The third-order valence-electron chi connectivity index (χ3n) is 11.4. The van der Waals surface area contributed by atoms with Gasteiger partial charge in [0, 0.05) is 6.42 Å². The van der Waals surface area contributed by atoms with Gasteiger partial charge in [0.1, 0.15) is 0 Å². The first-order chi connectivity index (χ1) is 29.7. The molecule has 346 valence electrons. The Morgan fingerprint density at radius 3 is 1.10 bits per heavy atom. The Morgan fingerprint density at radius 1 is 0.417 bits per heavy atom. The molecule has 4 heteroatoms. The zero-order chi connectivity index (χ0) is 43.5. The summed E-state index contributed by atoms with van der Waals surface area (Å²) >= 11 is 0. The van der Waals surface area contributed by atoms with Crippen LogP contribution in [0.1, 0.15) is 245 Å². The van der Waals surface area contributed by atoms with E-state index in [2.05, 4.69) is 104 Å². The molecule has 0 spiro atoms. The van der Waals surface area contributed by atoms with Gasteiger partial charge in [-0.1, -0.05) is 253 Å². The number of aliphatic hydroxyl groups is 2. The summed E-state index contributed by atoms with van der Waals surface area (Å²) in [7, 11) is 0. The average Bonchev–Trinajstić information content (AvgIpc) is 3.25. The zero-order valence-corrected chi connectivity index (χ0v) is 39.7. The summed E-state index contributed by atoms with van der Waals surface area (Å²) in [5.41, 5.74) is 0. The number of carbonyl (C=O) groups excluding carboxylic acids is 1. The minimum atomic E-state index is -0.659. The molecule has 0 radical (unpaired) electrons. The van der Waals surface area contributed by atoms with Crippen LogP contribution in [0.4, 0.5) is 0 Å². The second kappa shape index (κ2) is 50.9. The van der Waals surface area contributed by atoms with E-state index in [9.17, 15) is 15.0 Å². The number of hydrogen-bond acceptors (Lipinski definition) is 3. The minimum absolute atomic E-state index is 0.0347. The van der Waals surface area contributed by atoms with E-state index >= 15 is 0 Å². The Labute approximate surface area is 373 Å². The molecular weight excluding hydrogens is 735 g/mol. The summed E-state index contributed by atoms with van der Waals surface area (Å²) in [6.07, 6.45) is 74.2. The molecule has 60 heavy (non-hydrogen) atoms. The van der Waals surface area contributed by atoms with Gasteiger partial charge < -0.3 is 15.5 Å². The van der Waals surface area contributed by atoms with Crippen LogP contribution in [-0.4, -0.2) is 34.9 Å². The number of nitrogens with one attached hydrogen (secondary N) is 1. The van der Waals surface area contributed by atoms with Gasteiger partial charge in [0.25, 0.3) is 0 Å². The average molecular weight is 834 g/mol. The summed E-state index contributed by atoms with van der Waals surface area (Å²) < 4.78 is 0. The van der Waals surface area contributed by atoms with Gasteiger partial charge in [-0.3, -0.25) is 4.79 Å². The minimum Gasteiger partial charge on any atom is -0.394 e. The molecule has 4 nitrogen and oxygen atoms in total. The third-order valence-corrected chi connectivity index (χ3v) is 11.4. The van der Waals surface area contributed by atoms with Crippen LogP contribution in [-0.2, 0) is 4.79 Å². The molecule has 0 aliphatic heterocycles. The van der Waals surface area contributed by atoms with E-state index in [1.54, 1.807) is 0 Å². The zero-order valence-electron chi connectivity index (χ0n) is 39.7. The van der Waals surface area contributed by atoms with Gasteiger partial charge in [-0.15, -0.1) is 0 Å². The van der Waals surface area contributed by atoms with E-state index in [0.29, 0.717) is 12.8 Å². The van der Waals surface area contributed by atoms with Gasteiger partial charge in [-0.25, -0.2) is 0 Å². The van der Waals surface area contributed by atoms with Gasteiger partial charge in [-0.2, -0.15) is 0 Å². The van der Waals surface area contributed by atoms with E-state index in [1.807, 2.05) is 0 Å². The molecule has 0 aromatic rings. The summed E-state index contributed by atoms with van der Waals surface area (Å²) in [4.78, 5) is 12.4. The van der Waals surface area contributed by atoms with Crippen LogP contribution in [0.5, 0.6) is 0 Å². The molecule has 0 aromatic carbocycles. The Bertz CT molecular complexity index is 1080. The topological polar surface area (TPSA) is 69.6 Å². The fourth-order valence-electron chi connectivity index (χ4n) is 7.52. The van der Waals surface area contributed by atoms with Crippen LogP contribution in [0.3, 0.4) is 0 Å². The molecule has 3 N–H and O–H groups in total. The largest absolute Gasteiger partial charge is 0.394 e. The highest BCUT2D eigenvalue weighted by atomic mass is 16.3. The highest BCUT2D eigenvalue weighted by Gasteiger charge is 2.20.